The number of hydrogen-bond donors (Lipinski definition) is 3. The molecule has 0 radical (unpaired) electrons. The van der Waals surface area contributed by atoms with Crippen molar-refractivity contribution in [3.8, 4) is 16.9 Å². The molecule has 0 aromatic heterocycles. The van der Waals surface area contributed by atoms with Crippen LogP contribution in [0.4, 0.5) is 0 Å². The predicted molar refractivity (Wildman–Crippen MR) is 107 cm³/mol. The first-order valence-electron chi connectivity index (χ1n) is 9.28. The Bertz CT molecular complexity index is 652. The second-order valence-electron chi connectivity index (χ2n) is 6.57. The van der Waals surface area contributed by atoms with Crippen LogP contribution in [-0.4, -0.2) is 49.9 Å². The van der Waals surface area contributed by atoms with Crippen molar-refractivity contribution in [3.63, 3.8) is 0 Å². The molecule has 6 heteroatoms. The Balaban J connectivity index is 2.67. The zero-order chi connectivity index (χ0) is 20.5. The van der Waals surface area contributed by atoms with Gasteiger partial charge in [-0.2, -0.15) is 0 Å². The number of aliphatic hydroxyl groups is 3. The number of hydrogen-bond acceptors (Lipinski definition) is 6. The molecule has 0 heterocycles. The fraction of sp³-hybridized carbons (Fsp3) is 0.455. The van der Waals surface area contributed by atoms with E-state index in [0.29, 0.717) is 26.1 Å². The second kappa shape index (κ2) is 11.1. The summed E-state index contributed by atoms with van der Waals surface area (Å²) in [4.78, 5) is 0. The van der Waals surface area contributed by atoms with Gasteiger partial charge in [0, 0.05) is 38.6 Å². The van der Waals surface area contributed by atoms with Gasteiger partial charge < -0.3 is 29.5 Å². The van der Waals surface area contributed by atoms with Crippen LogP contribution >= 0.6 is 0 Å². The SMILES string of the molecule is COCc1cc(-c2cc(CCO)c(CO)c(CCO)c2)cc(COC)c1OC. The van der Waals surface area contributed by atoms with E-state index in [0.717, 1.165) is 44.7 Å². The molecular formula is C22H30O6. The van der Waals surface area contributed by atoms with Crippen molar-refractivity contribution >= 4 is 0 Å². The number of methoxy groups -OCH3 is 3. The quantitative estimate of drug-likeness (QED) is 0.545. The summed E-state index contributed by atoms with van der Waals surface area (Å²) in [7, 11) is 4.90. The summed E-state index contributed by atoms with van der Waals surface area (Å²) in [5, 5.41) is 28.7. The molecule has 0 aliphatic rings. The van der Waals surface area contributed by atoms with E-state index in [2.05, 4.69) is 0 Å². The average molecular weight is 390 g/mol. The van der Waals surface area contributed by atoms with Gasteiger partial charge in [-0.25, -0.2) is 0 Å². The molecule has 0 bridgehead atoms. The molecule has 0 spiro atoms. The van der Waals surface area contributed by atoms with E-state index in [1.807, 2.05) is 24.3 Å². The van der Waals surface area contributed by atoms with Crippen molar-refractivity contribution in [2.45, 2.75) is 32.7 Å². The molecule has 0 unspecified atom stereocenters. The van der Waals surface area contributed by atoms with E-state index in [4.69, 9.17) is 14.2 Å². The molecule has 2 rings (SSSR count). The highest BCUT2D eigenvalue weighted by Gasteiger charge is 2.16. The fourth-order valence-corrected chi connectivity index (χ4v) is 3.56. The first-order chi connectivity index (χ1) is 13.6. The van der Waals surface area contributed by atoms with Crippen molar-refractivity contribution in [1.82, 2.24) is 0 Å². The normalized spacial score (nSPS) is 11.1. The Labute approximate surface area is 166 Å². The lowest BCUT2D eigenvalue weighted by molar-refractivity contribution is 0.174. The summed E-state index contributed by atoms with van der Waals surface area (Å²) >= 11 is 0. The molecule has 0 saturated carbocycles. The summed E-state index contributed by atoms with van der Waals surface area (Å²) in [5.74, 6) is 0.741. The zero-order valence-electron chi connectivity index (χ0n) is 16.8. The van der Waals surface area contributed by atoms with Gasteiger partial charge in [-0.3, -0.25) is 0 Å². The molecule has 0 saturated heterocycles. The lowest BCUT2D eigenvalue weighted by atomic mass is 9.90. The van der Waals surface area contributed by atoms with Gasteiger partial charge in [-0.05, 0) is 52.8 Å². The zero-order valence-corrected chi connectivity index (χ0v) is 16.8. The van der Waals surface area contributed by atoms with Gasteiger partial charge in [-0.1, -0.05) is 12.1 Å². The van der Waals surface area contributed by atoms with Crippen LogP contribution in [0.3, 0.4) is 0 Å². The molecule has 3 N–H and O–H groups in total. The van der Waals surface area contributed by atoms with Crippen molar-refractivity contribution in [2.24, 2.45) is 0 Å². The highest BCUT2D eigenvalue weighted by molar-refractivity contribution is 5.70. The molecule has 0 atom stereocenters. The third kappa shape index (κ3) is 5.10. The molecule has 2 aromatic rings. The fourth-order valence-electron chi connectivity index (χ4n) is 3.56. The number of aliphatic hydroxyl groups excluding tert-OH is 3. The topological polar surface area (TPSA) is 88.4 Å². The first kappa shape index (κ1) is 22.3. The van der Waals surface area contributed by atoms with Gasteiger partial charge in [0.1, 0.15) is 5.75 Å². The van der Waals surface area contributed by atoms with Gasteiger partial charge in [0.2, 0.25) is 0 Å². The van der Waals surface area contributed by atoms with Crippen molar-refractivity contribution in [1.29, 1.82) is 0 Å². The van der Waals surface area contributed by atoms with E-state index in [9.17, 15) is 15.3 Å². The van der Waals surface area contributed by atoms with Crippen LogP contribution in [0, 0.1) is 0 Å². The summed E-state index contributed by atoms with van der Waals surface area (Å²) < 4.78 is 16.2. The third-order valence-corrected chi connectivity index (χ3v) is 4.74. The summed E-state index contributed by atoms with van der Waals surface area (Å²) in [6.07, 6.45) is 0.877. The lowest BCUT2D eigenvalue weighted by Gasteiger charge is -2.18. The van der Waals surface area contributed by atoms with Gasteiger partial charge in [0.15, 0.2) is 0 Å². The standard InChI is InChI=1S/C22H30O6/c1-26-13-19-10-18(11-20(14-27-2)22(19)28-3)17-8-15(4-6-23)21(12-25)16(9-17)5-7-24/h8-11,23-25H,4-7,12-14H2,1-3H3. The molecule has 28 heavy (non-hydrogen) atoms. The maximum atomic E-state index is 9.80. The van der Waals surface area contributed by atoms with E-state index >= 15 is 0 Å². The van der Waals surface area contributed by atoms with Crippen LogP contribution in [0.1, 0.15) is 27.8 Å². The smallest absolute Gasteiger partial charge is 0.129 e. The molecule has 6 nitrogen and oxygen atoms in total. The van der Waals surface area contributed by atoms with Crippen molar-refractivity contribution < 1.29 is 29.5 Å². The number of rotatable bonds is 11. The van der Waals surface area contributed by atoms with Crippen LogP contribution in [0.2, 0.25) is 0 Å². The predicted octanol–water partition coefficient (Wildman–Crippen LogP) is 2.22. The van der Waals surface area contributed by atoms with Crippen LogP contribution in [-0.2, 0) is 42.1 Å². The van der Waals surface area contributed by atoms with E-state index in [1.54, 1.807) is 21.3 Å². The van der Waals surface area contributed by atoms with Gasteiger partial charge in [-0.15, -0.1) is 0 Å². The Morgan fingerprint density at radius 2 is 1.11 bits per heavy atom. The molecule has 0 amide bonds. The maximum absolute atomic E-state index is 9.80. The minimum Gasteiger partial charge on any atom is -0.496 e. The third-order valence-electron chi connectivity index (χ3n) is 4.74. The molecule has 0 fully saturated rings. The van der Waals surface area contributed by atoms with Crippen LogP contribution in [0.25, 0.3) is 11.1 Å². The first-order valence-corrected chi connectivity index (χ1v) is 9.28. The minimum atomic E-state index is -0.128. The largest absolute Gasteiger partial charge is 0.496 e. The van der Waals surface area contributed by atoms with E-state index < -0.39 is 0 Å². The van der Waals surface area contributed by atoms with Crippen LogP contribution in [0.5, 0.6) is 5.75 Å². The molecule has 0 aliphatic heterocycles. The van der Waals surface area contributed by atoms with Crippen LogP contribution in [0.15, 0.2) is 24.3 Å². The summed E-state index contributed by atoms with van der Waals surface area (Å²) in [5.41, 5.74) is 6.26. The Morgan fingerprint density at radius 3 is 1.43 bits per heavy atom. The summed E-state index contributed by atoms with van der Waals surface area (Å²) in [6.45, 7) is 0.644. The highest BCUT2D eigenvalue weighted by atomic mass is 16.5. The minimum absolute atomic E-state index is 0.0124. The molecule has 2 aromatic carbocycles. The van der Waals surface area contributed by atoms with Crippen LogP contribution < -0.4 is 4.74 Å². The monoisotopic (exact) mass is 390 g/mol. The van der Waals surface area contributed by atoms with E-state index in [1.165, 1.54) is 0 Å². The van der Waals surface area contributed by atoms with Gasteiger partial charge in [0.05, 0.1) is 26.9 Å². The lowest BCUT2D eigenvalue weighted by Crippen LogP contribution is -2.06. The Kier molecular flexibility index (Phi) is 8.89. The average Bonchev–Trinajstić information content (AvgIpc) is 2.68. The molecule has 154 valence electrons. The number of benzene rings is 2. The van der Waals surface area contributed by atoms with Gasteiger partial charge >= 0.3 is 0 Å². The molecule has 0 aliphatic carbocycles. The highest BCUT2D eigenvalue weighted by Crippen LogP contribution is 2.34. The van der Waals surface area contributed by atoms with Crippen molar-refractivity contribution in [3.05, 3.63) is 52.1 Å². The summed E-state index contributed by atoms with van der Waals surface area (Å²) in [6, 6.07) is 8.00. The van der Waals surface area contributed by atoms with Crippen molar-refractivity contribution in [2.75, 3.05) is 34.5 Å². The Hall–Kier alpha value is -1.96. The second-order valence-corrected chi connectivity index (χ2v) is 6.57. The molecular weight excluding hydrogens is 360 g/mol. The maximum Gasteiger partial charge on any atom is 0.129 e. The van der Waals surface area contributed by atoms with Gasteiger partial charge in [0.25, 0.3) is 0 Å². The Morgan fingerprint density at radius 1 is 0.679 bits per heavy atom. The van der Waals surface area contributed by atoms with E-state index in [-0.39, 0.29) is 19.8 Å². The number of ether oxygens (including phenoxy) is 3.